The van der Waals surface area contributed by atoms with Crippen molar-refractivity contribution in [3.05, 3.63) is 107 Å². The fraction of sp³-hybridized carbons (Fsp3) is 0.125. The largest absolute Gasteiger partial charge is 0.508 e. The Bertz CT molecular complexity index is 945. The molecule has 0 spiro atoms. The van der Waals surface area contributed by atoms with Gasteiger partial charge in [0.1, 0.15) is 11.5 Å². The van der Waals surface area contributed by atoms with Crippen molar-refractivity contribution < 1.29 is 14.6 Å². The summed E-state index contributed by atoms with van der Waals surface area (Å²) in [5.41, 5.74) is 2.22. The Morgan fingerprint density at radius 3 is 2.21 bits per heavy atom. The molecular formula is C24H21ClO3. The van der Waals surface area contributed by atoms with Gasteiger partial charge in [0, 0.05) is 28.5 Å². The Hall–Kier alpha value is -3.04. The molecule has 0 radical (unpaired) electrons. The fourth-order valence-corrected chi connectivity index (χ4v) is 3.10. The topological polar surface area (TPSA) is 46.5 Å². The predicted octanol–water partition coefficient (Wildman–Crippen LogP) is 6.30. The molecule has 3 aromatic carbocycles. The second-order valence-electron chi connectivity index (χ2n) is 6.43. The van der Waals surface area contributed by atoms with Crippen molar-refractivity contribution in [2.75, 3.05) is 7.11 Å². The summed E-state index contributed by atoms with van der Waals surface area (Å²) in [5.74, 6) is 0.581. The van der Waals surface area contributed by atoms with Crippen LogP contribution in [0.1, 0.15) is 33.8 Å². The second kappa shape index (κ2) is 9.25. The summed E-state index contributed by atoms with van der Waals surface area (Å²) < 4.78 is 5.22. The van der Waals surface area contributed by atoms with Gasteiger partial charge in [-0.25, -0.2) is 0 Å². The van der Waals surface area contributed by atoms with Gasteiger partial charge in [-0.15, -0.1) is 0 Å². The fourth-order valence-electron chi connectivity index (χ4n) is 2.97. The Balaban J connectivity index is 1.91. The first-order valence-electron chi connectivity index (χ1n) is 8.95. The van der Waals surface area contributed by atoms with Gasteiger partial charge < -0.3 is 9.84 Å². The molecule has 0 amide bonds. The lowest BCUT2D eigenvalue weighted by Gasteiger charge is -2.15. The molecule has 0 fully saturated rings. The zero-order chi connectivity index (χ0) is 19.9. The van der Waals surface area contributed by atoms with Gasteiger partial charge in [-0.05, 0) is 48.0 Å². The molecule has 1 atom stereocenters. The van der Waals surface area contributed by atoms with E-state index in [0.717, 1.165) is 11.3 Å². The summed E-state index contributed by atoms with van der Waals surface area (Å²) in [6, 6.07) is 23.6. The molecule has 0 aliphatic carbocycles. The number of benzene rings is 3. The molecule has 3 rings (SSSR count). The molecular weight excluding hydrogens is 372 g/mol. The van der Waals surface area contributed by atoms with E-state index < -0.39 is 0 Å². The monoisotopic (exact) mass is 392 g/mol. The van der Waals surface area contributed by atoms with Gasteiger partial charge in [0.05, 0.1) is 7.11 Å². The number of rotatable bonds is 7. The van der Waals surface area contributed by atoms with Crippen molar-refractivity contribution in [1.29, 1.82) is 0 Å². The lowest BCUT2D eigenvalue weighted by Crippen LogP contribution is -2.07. The van der Waals surface area contributed by atoms with Crippen LogP contribution in [0.15, 0.2) is 84.9 Å². The van der Waals surface area contributed by atoms with E-state index in [9.17, 15) is 9.90 Å². The molecule has 28 heavy (non-hydrogen) atoms. The summed E-state index contributed by atoms with van der Waals surface area (Å²) in [6.07, 6.45) is 1.95. The maximum absolute atomic E-state index is 12.8. The van der Waals surface area contributed by atoms with E-state index in [-0.39, 0.29) is 23.9 Å². The number of aliphatic hydroxyl groups is 1. The number of ketones is 1. The highest BCUT2D eigenvalue weighted by atomic mass is 35.5. The Morgan fingerprint density at radius 2 is 1.61 bits per heavy atom. The van der Waals surface area contributed by atoms with Crippen LogP contribution in [0.5, 0.6) is 5.75 Å². The third-order valence-corrected chi connectivity index (χ3v) is 4.80. The minimum Gasteiger partial charge on any atom is -0.508 e. The number of hydrogen-bond acceptors (Lipinski definition) is 3. The van der Waals surface area contributed by atoms with Gasteiger partial charge >= 0.3 is 0 Å². The van der Waals surface area contributed by atoms with Crippen LogP contribution in [0.4, 0.5) is 0 Å². The van der Waals surface area contributed by atoms with Gasteiger partial charge in [-0.1, -0.05) is 54.1 Å². The molecule has 0 aliphatic heterocycles. The van der Waals surface area contributed by atoms with Gasteiger partial charge in [0.2, 0.25) is 0 Å². The zero-order valence-electron chi connectivity index (χ0n) is 15.5. The van der Waals surface area contributed by atoms with Crippen LogP contribution in [-0.2, 0) is 0 Å². The van der Waals surface area contributed by atoms with E-state index in [0.29, 0.717) is 16.1 Å². The molecule has 3 nitrogen and oxygen atoms in total. The maximum atomic E-state index is 12.8. The van der Waals surface area contributed by atoms with Gasteiger partial charge in [0.25, 0.3) is 0 Å². The van der Waals surface area contributed by atoms with Crippen molar-refractivity contribution in [2.45, 2.75) is 12.3 Å². The first-order valence-corrected chi connectivity index (χ1v) is 9.33. The first kappa shape index (κ1) is 19.7. The highest BCUT2D eigenvalue weighted by Gasteiger charge is 2.17. The number of carbonyl (C=O) groups excluding carboxylic acids is 1. The van der Waals surface area contributed by atoms with E-state index in [2.05, 4.69) is 0 Å². The third-order valence-electron chi connectivity index (χ3n) is 4.54. The van der Waals surface area contributed by atoms with E-state index in [1.54, 1.807) is 37.5 Å². The van der Waals surface area contributed by atoms with Crippen LogP contribution in [0.2, 0.25) is 5.02 Å². The molecule has 0 bridgehead atoms. The first-order chi connectivity index (χ1) is 13.6. The summed E-state index contributed by atoms with van der Waals surface area (Å²) >= 11 is 5.92. The van der Waals surface area contributed by atoms with Crippen molar-refractivity contribution >= 4 is 23.1 Å². The van der Waals surface area contributed by atoms with Crippen LogP contribution in [0.25, 0.3) is 5.76 Å². The Labute approximate surface area is 169 Å². The zero-order valence-corrected chi connectivity index (χ0v) is 16.3. The molecule has 4 heteroatoms. The van der Waals surface area contributed by atoms with Gasteiger partial charge in [0.15, 0.2) is 5.78 Å². The number of Topliss-reactive ketones (excluding diaryl/α,β-unsaturated/α-hetero) is 1. The maximum Gasteiger partial charge on any atom is 0.163 e. The molecule has 0 aliphatic rings. The molecule has 1 unspecified atom stereocenters. The lowest BCUT2D eigenvalue weighted by molar-refractivity contribution is 0.0978. The number of methoxy groups -OCH3 is 1. The standard InChI is InChI=1S/C24H21ClO3/c1-28-22-13-9-17(10-14-22)20(15-23(26)18-5-3-2-4-6-18)16-24(27)19-7-11-21(25)12-8-19/h2-15,20,26H,16H2,1H3/b23-15+. The molecule has 0 aromatic heterocycles. The highest BCUT2D eigenvalue weighted by molar-refractivity contribution is 6.30. The van der Waals surface area contributed by atoms with E-state index in [4.69, 9.17) is 16.3 Å². The molecule has 0 saturated heterocycles. The number of allylic oxidation sites excluding steroid dienone is 1. The van der Waals surface area contributed by atoms with Crippen LogP contribution >= 0.6 is 11.6 Å². The van der Waals surface area contributed by atoms with Crippen molar-refractivity contribution in [3.8, 4) is 5.75 Å². The minimum absolute atomic E-state index is 0.0189. The van der Waals surface area contributed by atoms with Crippen molar-refractivity contribution in [3.63, 3.8) is 0 Å². The van der Waals surface area contributed by atoms with E-state index in [1.807, 2.05) is 54.6 Å². The van der Waals surface area contributed by atoms with E-state index in [1.165, 1.54) is 0 Å². The second-order valence-corrected chi connectivity index (χ2v) is 6.87. The van der Waals surface area contributed by atoms with Crippen LogP contribution in [0, 0.1) is 0 Å². The quantitative estimate of drug-likeness (QED) is 0.379. The SMILES string of the molecule is COc1ccc(C(/C=C(/O)c2ccccc2)CC(=O)c2ccc(Cl)cc2)cc1. The van der Waals surface area contributed by atoms with Crippen molar-refractivity contribution in [1.82, 2.24) is 0 Å². The average Bonchev–Trinajstić information content (AvgIpc) is 2.74. The normalized spacial score (nSPS) is 12.4. The summed E-state index contributed by atoms with van der Waals surface area (Å²) in [4.78, 5) is 12.8. The lowest BCUT2D eigenvalue weighted by atomic mass is 9.90. The smallest absolute Gasteiger partial charge is 0.163 e. The molecule has 142 valence electrons. The Morgan fingerprint density at radius 1 is 0.964 bits per heavy atom. The molecule has 0 heterocycles. The summed E-state index contributed by atoms with van der Waals surface area (Å²) in [6.45, 7) is 0. The van der Waals surface area contributed by atoms with Gasteiger partial charge in [-0.3, -0.25) is 4.79 Å². The number of aliphatic hydroxyl groups excluding tert-OH is 1. The molecule has 1 N–H and O–H groups in total. The van der Waals surface area contributed by atoms with Crippen LogP contribution < -0.4 is 4.74 Å². The highest BCUT2D eigenvalue weighted by Crippen LogP contribution is 2.28. The van der Waals surface area contributed by atoms with Gasteiger partial charge in [-0.2, -0.15) is 0 Å². The minimum atomic E-state index is -0.283. The molecule has 0 saturated carbocycles. The van der Waals surface area contributed by atoms with Crippen LogP contribution in [0.3, 0.4) is 0 Å². The average molecular weight is 393 g/mol. The number of ether oxygens (including phenoxy) is 1. The number of hydrogen-bond donors (Lipinski definition) is 1. The molecule has 3 aromatic rings. The summed E-state index contributed by atoms with van der Waals surface area (Å²) in [5, 5.41) is 11.2. The number of halogens is 1. The Kier molecular flexibility index (Phi) is 6.51. The summed E-state index contributed by atoms with van der Waals surface area (Å²) in [7, 11) is 1.61. The number of carbonyl (C=O) groups is 1. The predicted molar refractivity (Wildman–Crippen MR) is 113 cm³/mol. The van der Waals surface area contributed by atoms with Crippen LogP contribution in [-0.4, -0.2) is 18.0 Å². The van der Waals surface area contributed by atoms with Crippen molar-refractivity contribution in [2.24, 2.45) is 0 Å². The third kappa shape index (κ3) is 5.02. The van der Waals surface area contributed by atoms with E-state index >= 15 is 0 Å².